The van der Waals surface area contributed by atoms with Crippen molar-refractivity contribution >= 4 is 5.82 Å². The smallest absolute Gasteiger partial charge is 0.128 e. The fourth-order valence-corrected chi connectivity index (χ4v) is 3.94. The number of benzene rings is 1. The predicted octanol–water partition coefficient (Wildman–Crippen LogP) is 2.27. The van der Waals surface area contributed by atoms with Crippen LogP contribution in [0.1, 0.15) is 23.5 Å². The third kappa shape index (κ3) is 4.06. The van der Waals surface area contributed by atoms with Crippen LogP contribution in [0.5, 0.6) is 0 Å². The topological polar surface area (TPSA) is 48.8 Å². The van der Waals surface area contributed by atoms with Gasteiger partial charge in [0.1, 0.15) is 5.82 Å². The van der Waals surface area contributed by atoms with Crippen LogP contribution in [0, 0.1) is 0 Å². The van der Waals surface area contributed by atoms with E-state index in [1.54, 1.807) is 0 Å². The average Bonchev–Trinajstić information content (AvgIpc) is 2.70. The number of hydrogen-bond acceptors (Lipinski definition) is 5. The lowest BCUT2D eigenvalue weighted by Gasteiger charge is -2.37. The summed E-state index contributed by atoms with van der Waals surface area (Å²) in [5, 5.41) is 10.6. The molecule has 2 fully saturated rings. The number of nitrogens with zero attached hydrogens (tertiary/aromatic N) is 3. The van der Waals surface area contributed by atoms with E-state index in [-0.39, 0.29) is 12.0 Å². The summed E-state index contributed by atoms with van der Waals surface area (Å²) < 4.78 is 5.40. The number of aromatic nitrogens is 1. The van der Waals surface area contributed by atoms with Crippen LogP contribution < -0.4 is 4.90 Å². The number of aliphatic hydroxyl groups excluding tert-OH is 1. The van der Waals surface area contributed by atoms with Crippen LogP contribution in [0.15, 0.2) is 48.7 Å². The summed E-state index contributed by atoms with van der Waals surface area (Å²) in [7, 11) is 0. The van der Waals surface area contributed by atoms with E-state index in [1.165, 1.54) is 11.1 Å². The summed E-state index contributed by atoms with van der Waals surface area (Å²) in [6.07, 6.45) is 2.56. The first kappa shape index (κ1) is 17.5. The Labute approximate surface area is 155 Å². The van der Waals surface area contributed by atoms with Crippen molar-refractivity contribution in [1.82, 2.24) is 9.88 Å². The standard InChI is InChI=1S/C21H27N3O2/c25-20-16-24(9-8-19(20)18-4-2-1-3-5-18)21-7-6-17(14-22-21)15-23-10-12-26-13-11-23/h1-7,14,19-20,25H,8-13,15-16H2/t19-,20+/m0/s1. The van der Waals surface area contributed by atoms with Crippen molar-refractivity contribution in [2.75, 3.05) is 44.3 Å². The van der Waals surface area contributed by atoms with Crippen LogP contribution >= 0.6 is 0 Å². The minimum Gasteiger partial charge on any atom is -0.391 e. The molecule has 2 aliphatic heterocycles. The van der Waals surface area contributed by atoms with Crippen LogP contribution in [0.3, 0.4) is 0 Å². The molecule has 138 valence electrons. The molecule has 5 nitrogen and oxygen atoms in total. The Morgan fingerprint density at radius 2 is 1.85 bits per heavy atom. The first-order valence-corrected chi connectivity index (χ1v) is 9.52. The molecule has 3 heterocycles. The number of rotatable bonds is 4. The highest BCUT2D eigenvalue weighted by atomic mass is 16.5. The van der Waals surface area contributed by atoms with Crippen molar-refractivity contribution in [2.24, 2.45) is 0 Å². The maximum absolute atomic E-state index is 10.6. The van der Waals surface area contributed by atoms with E-state index in [2.05, 4.69) is 39.0 Å². The van der Waals surface area contributed by atoms with Gasteiger partial charge in [0.25, 0.3) is 0 Å². The van der Waals surface area contributed by atoms with E-state index in [1.807, 2.05) is 24.4 Å². The number of piperidine rings is 1. The Bertz CT molecular complexity index is 686. The molecular weight excluding hydrogens is 326 g/mol. The maximum atomic E-state index is 10.6. The molecule has 0 spiro atoms. The second-order valence-corrected chi connectivity index (χ2v) is 7.23. The van der Waals surface area contributed by atoms with Gasteiger partial charge in [0.15, 0.2) is 0 Å². The number of hydrogen-bond donors (Lipinski definition) is 1. The number of aliphatic hydroxyl groups is 1. The monoisotopic (exact) mass is 353 g/mol. The van der Waals surface area contributed by atoms with Gasteiger partial charge in [-0.2, -0.15) is 0 Å². The van der Waals surface area contributed by atoms with Gasteiger partial charge in [-0.05, 0) is 23.6 Å². The van der Waals surface area contributed by atoms with Gasteiger partial charge < -0.3 is 14.7 Å². The van der Waals surface area contributed by atoms with Gasteiger partial charge in [-0.1, -0.05) is 36.4 Å². The average molecular weight is 353 g/mol. The van der Waals surface area contributed by atoms with E-state index < -0.39 is 0 Å². The van der Waals surface area contributed by atoms with Gasteiger partial charge >= 0.3 is 0 Å². The minimum absolute atomic E-state index is 0.216. The molecule has 0 saturated carbocycles. The minimum atomic E-state index is -0.360. The van der Waals surface area contributed by atoms with Gasteiger partial charge in [0, 0.05) is 44.8 Å². The zero-order valence-corrected chi connectivity index (χ0v) is 15.1. The van der Waals surface area contributed by atoms with Crippen LogP contribution in [0.4, 0.5) is 5.82 Å². The molecule has 0 radical (unpaired) electrons. The van der Waals surface area contributed by atoms with Crippen LogP contribution in [0.2, 0.25) is 0 Å². The molecule has 2 atom stereocenters. The molecule has 0 bridgehead atoms. The van der Waals surface area contributed by atoms with Crippen LogP contribution in [-0.4, -0.2) is 60.5 Å². The summed E-state index contributed by atoms with van der Waals surface area (Å²) in [6.45, 7) is 6.10. The largest absolute Gasteiger partial charge is 0.391 e. The van der Waals surface area contributed by atoms with Gasteiger partial charge in [0.2, 0.25) is 0 Å². The summed E-state index contributed by atoms with van der Waals surface area (Å²) in [5.74, 6) is 1.18. The molecule has 1 N–H and O–H groups in total. The second-order valence-electron chi connectivity index (χ2n) is 7.23. The van der Waals surface area contributed by atoms with Crippen molar-refractivity contribution in [3.8, 4) is 0 Å². The molecule has 2 saturated heterocycles. The molecule has 0 unspecified atom stereocenters. The number of β-amino-alcohol motifs (C(OH)–C–C–N with tert-alkyl or cyclic N) is 1. The van der Waals surface area contributed by atoms with Gasteiger partial charge in [0.05, 0.1) is 19.3 Å². The molecule has 2 aromatic rings. The number of anilines is 1. The highest BCUT2D eigenvalue weighted by molar-refractivity contribution is 5.41. The quantitative estimate of drug-likeness (QED) is 0.914. The van der Waals surface area contributed by atoms with Crippen molar-refractivity contribution in [3.63, 3.8) is 0 Å². The second kappa shape index (κ2) is 8.16. The fraction of sp³-hybridized carbons (Fsp3) is 0.476. The van der Waals surface area contributed by atoms with Gasteiger partial charge in [-0.15, -0.1) is 0 Å². The summed E-state index contributed by atoms with van der Waals surface area (Å²) in [5.41, 5.74) is 2.46. The lowest BCUT2D eigenvalue weighted by atomic mass is 9.87. The Balaban J connectivity index is 1.36. The third-order valence-electron chi connectivity index (χ3n) is 5.45. The van der Waals surface area contributed by atoms with E-state index in [9.17, 15) is 5.11 Å². The molecule has 5 heteroatoms. The molecular formula is C21H27N3O2. The Kier molecular flexibility index (Phi) is 5.48. The maximum Gasteiger partial charge on any atom is 0.128 e. The highest BCUT2D eigenvalue weighted by Gasteiger charge is 2.29. The number of ether oxygens (including phenoxy) is 1. The van der Waals surface area contributed by atoms with Crippen molar-refractivity contribution < 1.29 is 9.84 Å². The first-order chi connectivity index (χ1) is 12.8. The third-order valence-corrected chi connectivity index (χ3v) is 5.45. The molecule has 1 aromatic heterocycles. The van der Waals surface area contributed by atoms with Crippen molar-refractivity contribution in [1.29, 1.82) is 0 Å². The zero-order chi connectivity index (χ0) is 17.8. The first-order valence-electron chi connectivity index (χ1n) is 9.52. The summed E-state index contributed by atoms with van der Waals surface area (Å²) >= 11 is 0. The van der Waals surface area contributed by atoms with E-state index in [4.69, 9.17) is 4.74 Å². The zero-order valence-electron chi connectivity index (χ0n) is 15.1. The molecule has 2 aliphatic rings. The molecule has 4 rings (SSSR count). The molecule has 0 aliphatic carbocycles. The van der Waals surface area contributed by atoms with Crippen molar-refractivity contribution in [3.05, 3.63) is 59.8 Å². The fourth-order valence-electron chi connectivity index (χ4n) is 3.94. The highest BCUT2D eigenvalue weighted by Crippen LogP contribution is 2.30. The molecule has 1 aromatic carbocycles. The van der Waals surface area contributed by atoms with Crippen LogP contribution in [-0.2, 0) is 11.3 Å². The van der Waals surface area contributed by atoms with E-state index in [0.717, 1.165) is 51.6 Å². The number of pyridine rings is 1. The Hall–Kier alpha value is -1.95. The van der Waals surface area contributed by atoms with Gasteiger partial charge in [-0.25, -0.2) is 4.98 Å². The van der Waals surface area contributed by atoms with Crippen molar-refractivity contribution in [2.45, 2.75) is 25.0 Å². The van der Waals surface area contributed by atoms with Gasteiger partial charge in [-0.3, -0.25) is 4.90 Å². The Morgan fingerprint density at radius 3 is 2.54 bits per heavy atom. The Morgan fingerprint density at radius 1 is 1.04 bits per heavy atom. The lowest BCUT2D eigenvalue weighted by Crippen LogP contribution is -2.43. The normalized spacial score (nSPS) is 24.6. The number of morpholine rings is 1. The predicted molar refractivity (Wildman–Crippen MR) is 102 cm³/mol. The molecule has 0 amide bonds. The molecule has 26 heavy (non-hydrogen) atoms. The summed E-state index contributed by atoms with van der Waals surface area (Å²) in [4.78, 5) is 9.25. The SMILES string of the molecule is O[C@@H]1CN(c2ccc(CN3CCOCC3)cn2)CC[C@H]1c1ccccc1. The van der Waals surface area contributed by atoms with Crippen LogP contribution in [0.25, 0.3) is 0 Å². The van der Waals surface area contributed by atoms with E-state index in [0.29, 0.717) is 6.54 Å². The van der Waals surface area contributed by atoms with E-state index >= 15 is 0 Å². The lowest BCUT2D eigenvalue weighted by molar-refractivity contribution is 0.0341. The summed E-state index contributed by atoms with van der Waals surface area (Å²) in [6, 6.07) is 14.6.